The summed E-state index contributed by atoms with van der Waals surface area (Å²) in [5, 5.41) is 6.99. The molecule has 0 bridgehead atoms. The molecule has 7 nitrogen and oxygen atoms in total. The van der Waals surface area contributed by atoms with Gasteiger partial charge in [0.2, 0.25) is 0 Å². The summed E-state index contributed by atoms with van der Waals surface area (Å²) in [5.74, 6) is -1.15. The van der Waals surface area contributed by atoms with Gasteiger partial charge in [-0.25, -0.2) is 4.79 Å². The molecular formula is C18H17NO6S2. The van der Waals surface area contributed by atoms with E-state index >= 15 is 0 Å². The largest absolute Gasteiger partial charge is 0.480 e. The van der Waals surface area contributed by atoms with Crippen molar-refractivity contribution < 1.29 is 27.9 Å². The van der Waals surface area contributed by atoms with Crippen LogP contribution in [0.1, 0.15) is 12.5 Å². The number of para-hydroxylation sites is 1. The van der Waals surface area contributed by atoms with Crippen molar-refractivity contribution in [1.29, 1.82) is 0 Å². The van der Waals surface area contributed by atoms with Crippen molar-refractivity contribution in [2.75, 3.05) is 4.31 Å². The molecule has 1 aliphatic rings. The number of sulfonamides is 1. The van der Waals surface area contributed by atoms with Crippen molar-refractivity contribution in [3.63, 3.8) is 0 Å². The van der Waals surface area contributed by atoms with E-state index in [4.69, 9.17) is 4.74 Å². The predicted octanol–water partition coefficient (Wildman–Crippen LogP) is 3.11. The summed E-state index contributed by atoms with van der Waals surface area (Å²) in [6, 6.07) is 14.2. The molecule has 0 fully saturated rings. The molecule has 1 heterocycles. The average Bonchev–Trinajstić information content (AvgIpc) is 2.65. The second kappa shape index (κ2) is 7.61. The van der Waals surface area contributed by atoms with Crippen molar-refractivity contribution in [2.45, 2.75) is 29.7 Å². The maximum atomic E-state index is 12.9. The second-order valence-corrected chi connectivity index (χ2v) is 8.77. The standard InChI is InChI=1S/C18H17NO6S2/c1-12-16(17(20)21)26-15-10-6-5-9-14(15)19(12)27(23,24)18(22)25-11-13-7-3-2-4-8-13/h2-10,12,16H,11H2,1H3,(H,20,21)/t12-,16-/m1/s1. The van der Waals surface area contributed by atoms with E-state index in [0.717, 1.165) is 16.1 Å². The number of rotatable bonds is 4. The zero-order valence-electron chi connectivity index (χ0n) is 14.3. The molecule has 2 atom stereocenters. The van der Waals surface area contributed by atoms with E-state index < -0.39 is 32.6 Å². The van der Waals surface area contributed by atoms with Crippen LogP contribution in [0.5, 0.6) is 0 Å². The number of carbonyl (C=O) groups excluding carboxylic acids is 1. The Morgan fingerprint density at radius 3 is 2.41 bits per heavy atom. The van der Waals surface area contributed by atoms with Crippen molar-refractivity contribution in [1.82, 2.24) is 0 Å². The lowest BCUT2D eigenvalue weighted by atomic mass is 10.2. The molecule has 142 valence electrons. The topological polar surface area (TPSA) is 101 Å². The number of aliphatic carboxylic acids is 1. The first-order valence-electron chi connectivity index (χ1n) is 8.06. The van der Waals surface area contributed by atoms with Crippen molar-refractivity contribution in [2.24, 2.45) is 0 Å². The number of benzene rings is 2. The van der Waals surface area contributed by atoms with E-state index in [1.165, 1.54) is 6.92 Å². The Balaban J connectivity index is 1.91. The average molecular weight is 407 g/mol. The summed E-state index contributed by atoms with van der Waals surface area (Å²) in [7, 11) is -4.57. The Hall–Kier alpha value is -2.52. The molecule has 0 radical (unpaired) electrons. The number of carboxylic acid groups (broad SMARTS) is 1. The SMILES string of the molecule is C[C@@H]1[C@H](C(=O)O)Sc2ccccc2N1S(=O)(=O)C(=O)OCc1ccccc1. The van der Waals surface area contributed by atoms with Crippen LogP contribution < -0.4 is 4.31 Å². The Morgan fingerprint density at radius 1 is 1.11 bits per heavy atom. The van der Waals surface area contributed by atoms with Crippen LogP contribution in [0.3, 0.4) is 0 Å². The van der Waals surface area contributed by atoms with Gasteiger partial charge in [-0.15, -0.1) is 11.8 Å². The van der Waals surface area contributed by atoms with Crippen LogP contribution in [0.15, 0.2) is 59.5 Å². The lowest BCUT2D eigenvalue weighted by Gasteiger charge is -2.37. The highest BCUT2D eigenvalue weighted by Gasteiger charge is 2.45. The molecule has 1 aliphatic heterocycles. The first-order chi connectivity index (χ1) is 12.8. The molecule has 0 saturated carbocycles. The van der Waals surface area contributed by atoms with Gasteiger partial charge in [0.05, 0.1) is 11.7 Å². The summed E-state index contributed by atoms with van der Waals surface area (Å²) in [5.41, 5.74) is 0.913. The smallest absolute Gasteiger partial charge is 0.445 e. The Morgan fingerprint density at radius 2 is 1.74 bits per heavy atom. The summed E-state index contributed by atoms with van der Waals surface area (Å²) >= 11 is 1.06. The van der Waals surface area contributed by atoms with Gasteiger partial charge in [-0.2, -0.15) is 8.42 Å². The predicted molar refractivity (Wildman–Crippen MR) is 101 cm³/mol. The number of ether oxygens (including phenoxy) is 1. The van der Waals surface area contributed by atoms with E-state index in [0.29, 0.717) is 10.5 Å². The van der Waals surface area contributed by atoms with Crippen molar-refractivity contribution >= 4 is 38.7 Å². The fourth-order valence-electron chi connectivity index (χ4n) is 2.79. The third-order valence-corrected chi connectivity index (χ3v) is 7.11. The Labute approximate surface area is 161 Å². The maximum absolute atomic E-state index is 12.9. The number of nitrogens with zero attached hydrogens (tertiary/aromatic N) is 1. The number of fused-ring (bicyclic) bond motifs is 1. The van der Waals surface area contributed by atoms with Gasteiger partial charge in [-0.3, -0.25) is 9.10 Å². The highest BCUT2D eigenvalue weighted by molar-refractivity contribution is 8.07. The summed E-state index contributed by atoms with van der Waals surface area (Å²) in [6.07, 6.45) is 0. The lowest BCUT2D eigenvalue weighted by Crippen LogP contribution is -2.51. The number of carboxylic acids is 1. The third kappa shape index (κ3) is 3.79. The van der Waals surface area contributed by atoms with Crippen molar-refractivity contribution in [3.05, 3.63) is 60.2 Å². The molecule has 0 amide bonds. The molecule has 1 N–H and O–H groups in total. The fourth-order valence-corrected chi connectivity index (χ4v) is 5.41. The van der Waals surface area contributed by atoms with Crippen LogP contribution in [-0.2, 0) is 26.2 Å². The van der Waals surface area contributed by atoms with Gasteiger partial charge in [0.25, 0.3) is 0 Å². The first-order valence-corrected chi connectivity index (χ1v) is 10.4. The van der Waals surface area contributed by atoms with Crippen LogP contribution in [0.25, 0.3) is 0 Å². The summed E-state index contributed by atoms with van der Waals surface area (Å²) in [6.45, 7) is 1.27. The summed E-state index contributed by atoms with van der Waals surface area (Å²) < 4.78 is 31.6. The number of thioether (sulfide) groups is 1. The van der Waals surface area contributed by atoms with Gasteiger partial charge in [0, 0.05) is 4.90 Å². The van der Waals surface area contributed by atoms with Gasteiger partial charge in [0.1, 0.15) is 11.9 Å². The fraction of sp³-hybridized carbons (Fsp3) is 0.222. The minimum atomic E-state index is -4.57. The lowest BCUT2D eigenvalue weighted by molar-refractivity contribution is -0.136. The quantitative estimate of drug-likeness (QED) is 0.777. The van der Waals surface area contributed by atoms with Crippen LogP contribution in [0.2, 0.25) is 0 Å². The zero-order valence-corrected chi connectivity index (χ0v) is 15.9. The first kappa shape index (κ1) is 19.2. The van der Waals surface area contributed by atoms with Gasteiger partial charge in [0.15, 0.2) is 0 Å². The third-order valence-electron chi connectivity index (χ3n) is 4.08. The van der Waals surface area contributed by atoms with E-state index in [1.54, 1.807) is 54.6 Å². The molecule has 2 aromatic rings. The van der Waals surface area contributed by atoms with Gasteiger partial charge < -0.3 is 9.84 Å². The Kier molecular flexibility index (Phi) is 5.43. The maximum Gasteiger partial charge on any atom is 0.445 e. The van der Waals surface area contributed by atoms with Crippen LogP contribution in [0.4, 0.5) is 10.5 Å². The zero-order chi connectivity index (χ0) is 19.6. The molecule has 0 saturated heterocycles. The van der Waals surface area contributed by atoms with E-state index in [2.05, 4.69) is 0 Å². The minimum Gasteiger partial charge on any atom is -0.480 e. The number of hydrogen-bond donors (Lipinski definition) is 1. The van der Waals surface area contributed by atoms with E-state index in [-0.39, 0.29) is 12.3 Å². The number of hydrogen-bond acceptors (Lipinski definition) is 6. The molecule has 0 aromatic heterocycles. The van der Waals surface area contributed by atoms with Gasteiger partial charge in [-0.05, 0) is 24.6 Å². The van der Waals surface area contributed by atoms with Crippen LogP contribution in [-0.4, -0.2) is 36.1 Å². The molecule has 0 aliphatic carbocycles. The normalized spacial score (nSPS) is 19.2. The monoisotopic (exact) mass is 407 g/mol. The molecule has 9 heteroatoms. The van der Waals surface area contributed by atoms with E-state index in [9.17, 15) is 23.1 Å². The second-order valence-electron chi connectivity index (χ2n) is 5.91. The van der Waals surface area contributed by atoms with Gasteiger partial charge >= 0.3 is 21.3 Å². The minimum absolute atomic E-state index is 0.195. The molecule has 0 unspecified atom stereocenters. The number of carbonyl (C=O) groups is 2. The molecule has 2 aromatic carbocycles. The van der Waals surface area contributed by atoms with Crippen LogP contribution >= 0.6 is 11.8 Å². The van der Waals surface area contributed by atoms with Crippen molar-refractivity contribution in [3.8, 4) is 0 Å². The highest BCUT2D eigenvalue weighted by Crippen LogP contribution is 2.43. The van der Waals surface area contributed by atoms with Crippen LogP contribution in [0, 0.1) is 0 Å². The van der Waals surface area contributed by atoms with E-state index in [1.807, 2.05) is 0 Å². The Bertz CT molecular complexity index is 961. The van der Waals surface area contributed by atoms with Gasteiger partial charge in [-0.1, -0.05) is 42.5 Å². The summed E-state index contributed by atoms with van der Waals surface area (Å²) in [4.78, 5) is 24.4. The molecule has 0 spiro atoms. The number of anilines is 1. The molecular weight excluding hydrogens is 390 g/mol. The molecule has 27 heavy (non-hydrogen) atoms. The highest BCUT2D eigenvalue weighted by atomic mass is 32.2. The molecule has 3 rings (SSSR count).